The topological polar surface area (TPSA) is 70.2 Å². The van der Waals surface area contributed by atoms with Crippen molar-refractivity contribution in [2.24, 2.45) is 0 Å². The molecule has 156 valence electrons. The monoisotopic (exact) mass is 412 g/mol. The molecule has 2 N–H and O–H groups in total. The summed E-state index contributed by atoms with van der Waals surface area (Å²) in [6, 6.07) is 15.0. The molecule has 3 aliphatic rings. The maximum absolute atomic E-state index is 11.3. The van der Waals surface area contributed by atoms with Crippen molar-refractivity contribution >= 4 is 5.82 Å². The highest BCUT2D eigenvalue weighted by Crippen LogP contribution is 2.39. The van der Waals surface area contributed by atoms with Crippen molar-refractivity contribution in [1.82, 2.24) is 15.3 Å². The van der Waals surface area contributed by atoms with Crippen LogP contribution in [0.3, 0.4) is 0 Å². The normalized spacial score (nSPS) is 21.0. The van der Waals surface area contributed by atoms with Gasteiger partial charge in [0.15, 0.2) is 0 Å². The maximum atomic E-state index is 11.3. The Balaban J connectivity index is 1.31. The van der Waals surface area contributed by atoms with E-state index in [2.05, 4.69) is 58.7 Å². The van der Waals surface area contributed by atoms with Gasteiger partial charge >= 0.3 is 0 Å². The Morgan fingerprint density at radius 3 is 2.77 bits per heavy atom. The first-order chi connectivity index (χ1) is 15.1. The zero-order valence-electron chi connectivity index (χ0n) is 17.4. The van der Waals surface area contributed by atoms with E-state index in [1.807, 2.05) is 6.07 Å². The number of ether oxygens (including phenoxy) is 1. The van der Waals surface area contributed by atoms with Crippen molar-refractivity contribution < 1.29 is 4.74 Å². The van der Waals surface area contributed by atoms with Crippen molar-refractivity contribution in [1.29, 1.82) is 0 Å². The number of aromatic amines is 1. The van der Waals surface area contributed by atoms with Crippen LogP contribution in [0.15, 0.2) is 65.2 Å². The molecule has 31 heavy (non-hydrogen) atoms. The first-order valence-electron chi connectivity index (χ1n) is 10.8. The van der Waals surface area contributed by atoms with Crippen LogP contribution in [0.1, 0.15) is 24.8 Å². The second-order valence-corrected chi connectivity index (χ2v) is 8.59. The molecule has 2 aromatic heterocycles. The highest BCUT2D eigenvalue weighted by Gasteiger charge is 2.30. The van der Waals surface area contributed by atoms with Crippen LogP contribution in [0.5, 0.6) is 5.88 Å². The highest BCUT2D eigenvalue weighted by atomic mass is 16.5. The van der Waals surface area contributed by atoms with Crippen LogP contribution < -0.4 is 20.5 Å². The summed E-state index contributed by atoms with van der Waals surface area (Å²) in [7, 11) is 2.10. The van der Waals surface area contributed by atoms with Gasteiger partial charge in [-0.25, -0.2) is 0 Å². The fraction of sp³-hybridized carbons (Fsp3) is 0.280. The van der Waals surface area contributed by atoms with E-state index in [0.29, 0.717) is 24.6 Å². The molecule has 0 spiro atoms. The van der Waals surface area contributed by atoms with Gasteiger partial charge in [0.05, 0.1) is 0 Å². The summed E-state index contributed by atoms with van der Waals surface area (Å²) in [5.74, 6) is 1.60. The average Bonchev–Trinajstić information content (AvgIpc) is 3.15. The third-order valence-electron chi connectivity index (χ3n) is 6.62. The number of aromatic nitrogens is 2. The highest BCUT2D eigenvalue weighted by molar-refractivity contribution is 5.78. The second-order valence-electron chi connectivity index (χ2n) is 8.59. The fourth-order valence-corrected chi connectivity index (χ4v) is 4.92. The van der Waals surface area contributed by atoms with E-state index in [-0.39, 0.29) is 5.56 Å². The molecule has 1 aromatic carbocycles. The summed E-state index contributed by atoms with van der Waals surface area (Å²) in [5, 5.41) is 3.64. The fourth-order valence-electron chi connectivity index (χ4n) is 4.92. The predicted octanol–water partition coefficient (Wildman–Crippen LogP) is 3.84. The van der Waals surface area contributed by atoms with E-state index in [1.54, 1.807) is 12.3 Å². The minimum Gasteiger partial charge on any atom is -0.472 e. The lowest BCUT2D eigenvalue weighted by Crippen LogP contribution is -2.36. The Labute approximate surface area is 180 Å². The van der Waals surface area contributed by atoms with Gasteiger partial charge in [0.2, 0.25) is 11.4 Å². The molecule has 2 atom stereocenters. The van der Waals surface area contributed by atoms with Crippen LogP contribution in [-0.2, 0) is 6.61 Å². The van der Waals surface area contributed by atoms with Crippen molar-refractivity contribution in [3.8, 4) is 28.1 Å². The Kier molecular flexibility index (Phi) is 4.21. The van der Waals surface area contributed by atoms with Gasteiger partial charge in [-0.3, -0.25) is 4.79 Å². The summed E-state index contributed by atoms with van der Waals surface area (Å²) < 4.78 is 6.07. The molecule has 5 heterocycles. The summed E-state index contributed by atoms with van der Waals surface area (Å²) in [5.41, 5.74) is 6.56. The first kappa shape index (κ1) is 18.4. The molecule has 0 saturated carbocycles. The van der Waals surface area contributed by atoms with E-state index in [9.17, 15) is 4.79 Å². The lowest BCUT2D eigenvalue weighted by Gasteiger charge is -2.29. The number of hydrogen-bond donors (Lipinski definition) is 2. The second kappa shape index (κ2) is 7.10. The largest absolute Gasteiger partial charge is 0.472 e. The van der Waals surface area contributed by atoms with Crippen molar-refractivity contribution in [3.05, 3.63) is 76.4 Å². The van der Waals surface area contributed by atoms with Crippen molar-refractivity contribution in [2.45, 2.75) is 38.0 Å². The van der Waals surface area contributed by atoms with Crippen LogP contribution in [0, 0.1) is 0 Å². The van der Waals surface area contributed by atoms with E-state index in [4.69, 9.17) is 9.72 Å². The first-order valence-corrected chi connectivity index (χ1v) is 10.8. The number of pyridine rings is 2. The number of H-pyrrole nitrogens is 1. The predicted molar refractivity (Wildman–Crippen MR) is 121 cm³/mol. The number of hydrogen-bond acceptors (Lipinski definition) is 5. The number of nitrogens with one attached hydrogen (secondary N) is 2. The van der Waals surface area contributed by atoms with Gasteiger partial charge in [0.25, 0.3) is 0 Å². The Bertz CT molecular complexity index is 1240. The van der Waals surface area contributed by atoms with Gasteiger partial charge in [-0.05, 0) is 65.4 Å². The standard InChI is InChI=1S/C25H24N4O2/c1-29(20-11-18-4-5-19(12-20)27-18)23-8-7-22-21-6-2-15(16-3-9-24(30)26-13-16)10-17(21)14-31-25(22)28-23/h2-3,6-11,13,18-19,27H,4-5,12,14H2,1H3,(H,26,30). The van der Waals surface area contributed by atoms with Gasteiger partial charge < -0.3 is 19.9 Å². The number of fused-ring (bicyclic) bond motifs is 5. The van der Waals surface area contributed by atoms with E-state index in [1.165, 1.54) is 18.5 Å². The van der Waals surface area contributed by atoms with Crippen LogP contribution >= 0.6 is 0 Å². The summed E-state index contributed by atoms with van der Waals surface area (Å²) in [6.07, 6.45) is 7.60. The Morgan fingerprint density at radius 1 is 1.06 bits per heavy atom. The van der Waals surface area contributed by atoms with Gasteiger partial charge in [0, 0.05) is 49.1 Å². The Hall–Kier alpha value is -3.38. The molecule has 6 heteroatoms. The third kappa shape index (κ3) is 3.24. The molecule has 0 aliphatic carbocycles. The average molecular weight is 412 g/mol. The number of rotatable bonds is 3. The molecule has 0 amide bonds. The lowest BCUT2D eigenvalue weighted by molar-refractivity contribution is 0.290. The van der Waals surface area contributed by atoms with Gasteiger partial charge in [0.1, 0.15) is 12.4 Å². The molecule has 2 unspecified atom stereocenters. The molecular formula is C25H24N4O2. The van der Waals surface area contributed by atoms with Crippen LogP contribution in [0.25, 0.3) is 22.3 Å². The van der Waals surface area contributed by atoms with E-state index < -0.39 is 0 Å². The zero-order valence-corrected chi connectivity index (χ0v) is 17.4. The molecular weight excluding hydrogens is 388 g/mol. The molecule has 6 nitrogen and oxygen atoms in total. The summed E-state index contributed by atoms with van der Waals surface area (Å²) in [4.78, 5) is 21.1. The lowest BCUT2D eigenvalue weighted by atomic mass is 9.95. The quantitative estimate of drug-likeness (QED) is 0.684. The minimum atomic E-state index is -0.0984. The molecule has 0 radical (unpaired) electrons. The molecule has 1 fully saturated rings. The van der Waals surface area contributed by atoms with Crippen molar-refractivity contribution in [3.63, 3.8) is 0 Å². The summed E-state index contributed by atoms with van der Waals surface area (Å²) >= 11 is 0. The number of anilines is 1. The summed E-state index contributed by atoms with van der Waals surface area (Å²) in [6.45, 7) is 0.483. The molecule has 2 bridgehead atoms. The third-order valence-corrected chi connectivity index (χ3v) is 6.62. The van der Waals surface area contributed by atoms with E-state index >= 15 is 0 Å². The SMILES string of the molecule is CN(C1=CC2CCC(C1)N2)c1ccc2c(n1)OCc1cc(-c3ccc(=O)[nH]c3)ccc1-2. The molecule has 3 aliphatic heterocycles. The van der Waals surface area contributed by atoms with Crippen LogP contribution in [0.4, 0.5) is 5.82 Å². The van der Waals surface area contributed by atoms with Crippen LogP contribution in [0.2, 0.25) is 0 Å². The van der Waals surface area contributed by atoms with Gasteiger partial charge in [-0.1, -0.05) is 12.1 Å². The molecule has 1 saturated heterocycles. The number of benzene rings is 1. The molecule has 6 rings (SSSR count). The van der Waals surface area contributed by atoms with Gasteiger partial charge in [-0.15, -0.1) is 0 Å². The van der Waals surface area contributed by atoms with Crippen molar-refractivity contribution in [2.75, 3.05) is 11.9 Å². The maximum Gasteiger partial charge on any atom is 0.247 e. The number of nitrogens with zero attached hydrogens (tertiary/aromatic N) is 2. The smallest absolute Gasteiger partial charge is 0.247 e. The minimum absolute atomic E-state index is 0.0984. The van der Waals surface area contributed by atoms with Crippen LogP contribution in [-0.4, -0.2) is 29.1 Å². The Morgan fingerprint density at radius 2 is 1.94 bits per heavy atom. The van der Waals surface area contributed by atoms with E-state index in [0.717, 1.165) is 40.1 Å². The van der Waals surface area contributed by atoms with Gasteiger partial charge in [-0.2, -0.15) is 4.98 Å². The zero-order chi connectivity index (χ0) is 20.9. The molecule has 3 aromatic rings.